The van der Waals surface area contributed by atoms with Crippen molar-refractivity contribution in [2.75, 3.05) is 5.32 Å². The summed E-state index contributed by atoms with van der Waals surface area (Å²) in [7, 11) is 0. The molecule has 44 heavy (non-hydrogen) atoms. The molecule has 4 aromatic rings. The first kappa shape index (κ1) is 30.8. The SMILES string of the molecule is O=C(/C=C/c1ccc([N+](=O)[O-])cc1)Oc1ccccc1C=NNC(=O)c1cccc(NC(=O)c2cccc(C(F)(F)F)c2)c1. The Morgan fingerprint density at radius 2 is 1.52 bits per heavy atom. The Morgan fingerprint density at radius 1 is 0.841 bits per heavy atom. The minimum absolute atomic E-state index is 0.0847. The molecule has 10 nitrogen and oxygen atoms in total. The fourth-order valence-electron chi connectivity index (χ4n) is 3.70. The van der Waals surface area contributed by atoms with E-state index in [2.05, 4.69) is 15.8 Å². The van der Waals surface area contributed by atoms with Crippen LogP contribution in [0.5, 0.6) is 5.75 Å². The minimum atomic E-state index is -4.61. The Hall–Kier alpha value is -6.11. The van der Waals surface area contributed by atoms with Crippen molar-refractivity contribution in [3.63, 3.8) is 0 Å². The lowest BCUT2D eigenvalue weighted by Gasteiger charge is -2.10. The first-order chi connectivity index (χ1) is 21.0. The van der Waals surface area contributed by atoms with Gasteiger partial charge in [-0.1, -0.05) is 24.3 Å². The average molecular weight is 603 g/mol. The van der Waals surface area contributed by atoms with Crippen molar-refractivity contribution in [3.8, 4) is 5.75 Å². The molecule has 2 amide bonds. The summed E-state index contributed by atoms with van der Waals surface area (Å²) in [5, 5.41) is 17.1. The van der Waals surface area contributed by atoms with Crippen LogP contribution in [0.1, 0.15) is 37.4 Å². The number of hydrogen-bond donors (Lipinski definition) is 2. The third-order valence-corrected chi connectivity index (χ3v) is 5.85. The van der Waals surface area contributed by atoms with Gasteiger partial charge in [0, 0.05) is 40.6 Å². The van der Waals surface area contributed by atoms with Gasteiger partial charge >= 0.3 is 12.1 Å². The Morgan fingerprint density at radius 3 is 2.23 bits per heavy atom. The zero-order valence-electron chi connectivity index (χ0n) is 22.4. The molecule has 0 aromatic heterocycles. The van der Waals surface area contributed by atoms with Crippen molar-refractivity contribution >= 4 is 41.4 Å². The van der Waals surface area contributed by atoms with E-state index in [0.717, 1.165) is 24.3 Å². The first-order valence-electron chi connectivity index (χ1n) is 12.6. The second kappa shape index (κ2) is 13.7. The van der Waals surface area contributed by atoms with Crippen LogP contribution < -0.4 is 15.5 Å². The standard InChI is InChI=1S/C31H21F3N4O6/c32-31(33,34)24-8-3-6-21(17-24)29(40)36-25-9-4-7-22(18-25)30(41)37-35-19-23-5-1-2-10-27(23)44-28(39)16-13-20-11-14-26(15-12-20)38(42)43/h1-19H,(H,36,40)(H,37,41)/b16-13+,35-19?. The van der Waals surface area contributed by atoms with Crippen molar-refractivity contribution in [2.24, 2.45) is 5.10 Å². The van der Waals surface area contributed by atoms with Crippen LogP contribution in [0.25, 0.3) is 6.08 Å². The molecular weight excluding hydrogens is 581 g/mol. The van der Waals surface area contributed by atoms with Crippen LogP contribution in [0.3, 0.4) is 0 Å². The van der Waals surface area contributed by atoms with E-state index in [0.29, 0.717) is 11.1 Å². The number of ether oxygens (including phenoxy) is 1. The van der Waals surface area contributed by atoms with Gasteiger partial charge in [0.25, 0.3) is 17.5 Å². The molecule has 2 N–H and O–H groups in total. The number of halogens is 3. The van der Waals surface area contributed by atoms with Gasteiger partial charge in [-0.25, -0.2) is 10.2 Å². The highest BCUT2D eigenvalue weighted by Gasteiger charge is 2.30. The summed E-state index contributed by atoms with van der Waals surface area (Å²) in [5.74, 6) is -2.03. The van der Waals surface area contributed by atoms with Crippen LogP contribution in [0.4, 0.5) is 24.5 Å². The largest absolute Gasteiger partial charge is 0.423 e. The summed E-state index contributed by atoms with van der Waals surface area (Å²) in [6.07, 6.45) is -0.778. The van der Waals surface area contributed by atoms with Gasteiger partial charge in [0.15, 0.2) is 0 Å². The highest BCUT2D eigenvalue weighted by molar-refractivity contribution is 6.05. The van der Waals surface area contributed by atoms with E-state index in [1.54, 1.807) is 18.2 Å². The predicted octanol–water partition coefficient (Wildman–Crippen LogP) is 6.25. The molecule has 222 valence electrons. The number of anilines is 1. The number of carbonyl (C=O) groups is 3. The smallest absolute Gasteiger partial charge is 0.416 e. The quantitative estimate of drug-likeness (QED) is 0.0580. The van der Waals surface area contributed by atoms with Crippen LogP contribution in [-0.2, 0) is 11.0 Å². The van der Waals surface area contributed by atoms with E-state index < -0.39 is 34.4 Å². The van der Waals surface area contributed by atoms with E-state index >= 15 is 0 Å². The average Bonchev–Trinajstić information content (AvgIpc) is 3.00. The normalized spacial score (nSPS) is 11.3. The Labute approximate surface area is 247 Å². The van der Waals surface area contributed by atoms with E-state index in [9.17, 15) is 37.7 Å². The number of amides is 2. The van der Waals surface area contributed by atoms with Crippen molar-refractivity contribution in [1.82, 2.24) is 5.43 Å². The molecule has 0 bridgehead atoms. The maximum Gasteiger partial charge on any atom is 0.416 e. The van der Waals surface area contributed by atoms with Crippen molar-refractivity contribution in [2.45, 2.75) is 6.18 Å². The minimum Gasteiger partial charge on any atom is -0.423 e. The zero-order valence-corrected chi connectivity index (χ0v) is 22.4. The molecule has 0 fully saturated rings. The number of nitro groups is 1. The van der Waals surface area contributed by atoms with Gasteiger partial charge in [-0.2, -0.15) is 18.3 Å². The molecule has 0 heterocycles. The number of nitrogens with one attached hydrogen (secondary N) is 2. The fraction of sp³-hybridized carbons (Fsp3) is 0.0323. The molecule has 0 aliphatic rings. The van der Waals surface area contributed by atoms with Crippen LogP contribution in [-0.4, -0.2) is 28.9 Å². The van der Waals surface area contributed by atoms with Crippen molar-refractivity contribution in [3.05, 3.63) is 141 Å². The molecule has 0 spiro atoms. The summed E-state index contributed by atoms with van der Waals surface area (Å²) in [4.78, 5) is 47.7. The molecule has 0 aliphatic heterocycles. The molecule has 4 aromatic carbocycles. The Bertz CT molecular complexity index is 1770. The number of non-ortho nitro benzene ring substituents is 1. The summed E-state index contributed by atoms with van der Waals surface area (Å²) in [6, 6.07) is 21.6. The molecule has 0 atom stereocenters. The third kappa shape index (κ3) is 8.45. The van der Waals surface area contributed by atoms with Gasteiger partial charge in [0.1, 0.15) is 5.75 Å². The molecule has 0 radical (unpaired) electrons. The number of nitrogens with zero attached hydrogens (tertiary/aromatic N) is 2. The monoisotopic (exact) mass is 602 g/mol. The molecule has 4 rings (SSSR count). The number of benzene rings is 4. The Kier molecular flexibility index (Phi) is 9.60. The number of nitro benzene ring substituents is 1. The number of hydrazone groups is 1. The molecule has 0 saturated heterocycles. The van der Waals surface area contributed by atoms with Crippen molar-refractivity contribution in [1.29, 1.82) is 0 Å². The number of rotatable bonds is 9. The number of hydrogen-bond acceptors (Lipinski definition) is 7. The lowest BCUT2D eigenvalue weighted by atomic mass is 10.1. The topological polar surface area (TPSA) is 140 Å². The number of alkyl halides is 3. The van der Waals surface area contributed by atoms with Crippen LogP contribution in [0, 0.1) is 10.1 Å². The van der Waals surface area contributed by atoms with E-state index in [1.165, 1.54) is 73.0 Å². The molecule has 0 unspecified atom stereocenters. The molecule has 13 heteroatoms. The summed E-state index contributed by atoms with van der Waals surface area (Å²) < 4.78 is 44.3. The van der Waals surface area contributed by atoms with Gasteiger partial charge in [-0.15, -0.1) is 0 Å². The van der Waals surface area contributed by atoms with Crippen LogP contribution >= 0.6 is 0 Å². The molecule has 0 saturated carbocycles. The first-order valence-corrected chi connectivity index (χ1v) is 12.6. The third-order valence-electron chi connectivity index (χ3n) is 5.85. The Balaban J connectivity index is 1.36. The second-order valence-corrected chi connectivity index (χ2v) is 8.95. The number of esters is 1. The van der Waals surface area contributed by atoms with Gasteiger partial charge in [0.05, 0.1) is 16.7 Å². The number of carbonyl (C=O) groups excluding carboxylic acids is 3. The predicted molar refractivity (Wildman–Crippen MR) is 155 cm³/mol. The van der Waals surface area contributed by atoms with Crippen LogP contribution in [0.2, 0.25) is 0 Å². The van der Waals surface area contributed by atoms with Gasteiger partial charge in [0.2, 0.25) is 0 Å². The van der Waals surface area contributed by atoms with Gasteiger partial charge in [-0.3, -0.25) is 19.7 Å². The fourth-order valence-corrected chi connectivity index (χ4v) is 3.70. The molecule has 0 aliphatic carbocycles. The summed E-state index contributed by atoms with van der Waals surface area (Å²) >= 11 is 0. The van der Waals surface area contributed by atoms with E-state index in [1.807, 2.05) is 0 Å². The van der Waals surface area contributed by atoms with E-state index in [-0.39, 0.29) is 28.3 Å². The maximum absolute atomic E-state index is 13.0. The van der Waals surface area contributed by atoms with Crippen LogP contribution in [0.15, 0.2) is 108 Å². The second-order valence-electron chi connectivity index (χ2n) is 8.95. The lowest BCUT2D eigenvalue weighted by Crippen LogP contribution is -2.18. The number of para-hydroxylation sites is 1. The summed E-state index contributed by atoms with van der Waals surface area (Å²) in [5.41, 5.74) is 2.22. The molecular formula is C31H21F3N4O6. The maximum atomic E-state index is 13.0. The van der Waals surface area contributed by atoms with E-state index in [4.69, 9.17) is 4.74 Å². The summed E-state index contributed by atoms with van der Waals surface area (Å²) in [6.45, 7) is 0. The zero-order chi connectivity index (χ0) is 31.7. The highest BCUT2D eigenvalue weighted by atomic mass is 19.4. The van der Waals surface area contributed by atoms with Gasteiger partial charge in [-0.05, 0) is 72.3 Å². The highest BCUT2D eigenvalue weighted by Crippen LogP contribution is 2.29. The lowest BCUT2D eigenvalue weighted by molar-refractivity contribution is -0.384. The van der Waals surface area contributed by atoms with Gasteiger partial charge < -0.3 is 10.1 Å². The van der Waals surface area contributed by atoms with Crippen molar-refractivity contribution < 1.29 is 37.2 Å².